The number of fused-ring (bicyclic) bond motifs is 3. The Kier molecular flexibility index (Phi) is 3.47. The van der Waals surface area contributed by atoms with Gasteiger partial charge in [0.2, 0.25) is 5.95 Å². The lowest BCUT2D eigenvalue weighted by molar-refractivity contribution is -0.259. The Balaban J connectivity index is 1.78. The van der Waals surface area contributed by atoms with Crippen LogP contribution in [0.5, 0.6) is 0 Å². The van der Waals surface area contributed by atoms with Crippen molar-refractivity contribution in [3.63, 3.8) is 0 Å². The maximum Gasteiger partial charge on any atom is 0.504 e. The Bertz CT molecular complexity index is 934. The molecule has 4 N–H and O–H groups in total. The van der Waals surface area contributed by atoms with Gasteiger partial charge in [0.15, 0.2) is 35.8 Å². The normalized spacial score (nSPS) is 34.8. The van der Waals surface area contributed by atoms with Crippen LogP contribution in [0.15, 0.2) is 11.1 Å². The molecule has 0 spiro atoms. The Hall–Kier alpha value is -1.98. The molecule has 2 bridgehead atoms. The Morgan fingerprint density at radius 2 is 2.44 bits per heavy atom. The lowest BCUT2D eigenvalue weighted by Crippen LogP contribution is -2.45. The van der Waals surface area contributed by atoms with E-state index in [0.29, 0.717) is 0 Å². The third kappa shape index (κ3) is 2.22. The van der Waals surface area contributed by atoms with Crippen molar-refractivity contribution in [3.8, 4) is 0 Å². The van der Waals surface area contributed by atoms with Crippen LogP contribution in [-0.4, -0.2) is 62.1 Å². The summed E-state index contributed by atoms with van der Waals surface area (Å²) in [4.78, 5) is 21.9. The van der Waals surface area contributed by atoms with Crippen LogP contribution in [0.4, 0.5) is 10.3 Å². The summed E-state index contributed by atoms with van der Waals surface area (Å²) in [6, 6.07) is 0. The summed E-state index contributed by atoms with van der Waals surface area (Å²) in [7, 11) is -1.98. The standard InChI is InChI=1S/C12H13FN5O6P/c1-25(21)23-3-11-2-22-12(13,8(11)20)9(24-11)18-4-15-5-6(18)16-10(14)17-7(5)19/h4,8-9,20H,2-3H2,1H3,(H2-,14,16,17,19)/p+1/t8-,9-,11-,12-/m1/s1. The van der Waals surface area contributed by atoms with Crippen LogP contribution in [0, 0.1) is 0 Å². The topological polar surface area (TPSA) is 155 Å². The van der Waals surface area contributed by atoms with E-state index in [1.807, 2.05) is 0 Å². The molecule has 0 radical (unpaired) electrons. The van der Waals surface area contributed by atoms with Crippen LogP contribution in [0.3, 0.4) is 0 Å². The molecule has 25 heavy (non-hydrogen) atoms. The smallest absolute Gasteiger partial charge is 0.384 e. The average molecular weight is 374 g/mol. The summed E-state index contributed by atoms with van der Waals surface area (Å²) in [6.45, 7) is 0.712. The third-order valence-electron chi connectivity index (χ3n) is 4.29. The number of hydrogen-bond acceptors (Lipinski definition) is 9. The number of imidazole rings is 1. The van der Waals surface area contributed by atoms with Gasteiger partial charge in [-0.3, -0.25) is 14.3 Å². The molecule has 11 nitrogen and oxygen atoms in total. The number of rotatable bonds is 4. The second kappa shape index (κ2) is 5.26. The highest BCUT2D eigenvalue weighted by atomic mass is 31.1. The fourth-order valence-corrected chi connectivity index (χ4v) is 3.47. The summed E-state index contributed by atoms with van der Waals surface area (Å²) in [5.74, 6) is -2.80. The maximum absolute atomic E-state index is 15.3. The number of nitrogens with zero attached hydrogens (tertiary/aromatic N) is 3. The van der Waals surface area contributed by atoms with Crippen LogP contribution in [-0.2, 0) is 18.6 Å². The van der Waals surface area contributed by atoms with Crippen LogP contribution < -0.4 is 11.3 Å². The van der Waals surface area contributed by atoms with Gasteiger partial charge in [0.1, 0.15) is 6.61 Å². The van der Waals surface area contributed by atoms with Crippen molar-refractivity contribution in [3.05, 3.63) is 16.7 Å². The van der Waals surface area contributed by atoms with Crippen molar-refractivity contribution in [1.29, 1.82) is 0 Å². The van der Waals surface area contributed by atoms with Crippen molar-refractivity contribution >= 4 is 25.1 Å². The lowest BCUT2D eigenvalue weighted by atomic mass is 9.99. The van der Waals surface area contributed by atoms with Crippen LogP contribution in [0.2, 0.25) is 0 Å². The first kappa shape index (κ1) is 16.5. The Labute approximate surface area is 139 Å². The van der Waals surface area contributed by atoms with Gasteiger partial charge >= 0.3 is 8.03 Å². The van der Waals surface area contributed by atoms with E-state index < -0.39 is 37.4 Å². The van der Waals surface area contributed by atoms with Crippen molar-refractivity contribution in [1.82, 2.24) is 19.5 Å². The largest absolute Gasteiger partial charge is 0.504 e. The first-order chi connectivity index (χ1) is 11.8. The van der Waals surface area contributed by atoms with Crippen LogP contribution in [0.1, 0.15) is 6.23 Å². The second-order valence-corrected chi connectivity index (χ2v) is 7.05. The minimum atomic E-state index is -2.62. The van der Waals surface area contributed by atoms with E-state index >= 15 is 4.39 Å². The monoisotopic (exact) mass is 374 g/mol. The molecule has 0 aliphatic carbocycles. The summed E-state index contributed by atoms with van der Waals surface area (Å²) < 4.78 is 43.4. The zero-order chi connectivity index (χ0) is 18.0. The number of aromatic nitrogens is 4. The molecular formula is C12H14FN5O6P+. The predicted octanol–water partition coefficient (Wildman–Crippen LogP) is -0.585. The summed E-state index contributed by atoms with van der Waals surface area (Å²) >= 11 is 0. The molecule has 0 amide bonds. The number of anilines is 1. The fourth-order valence-electron chi connectivity index (χ4n) is 3.07. The van der Waals surface area contributed by atoms with E-state index in [4.69, 9.17) is 19.7 Å². The van der Waals surface area contributed by atoms with Gasteiger partial charge in [0.05, 0.1) is 12.9 Å². The number of aromatic amines is 1. The third-order valence-corrected chi connectivity index (χ3v) is 4.78. The van der Waals surface area contributed by atoms with E-state index in [1.54, 1.807) is 0 Å². The SMILES string of the molecule is C[P+](=O)OC[C@]12CO[C@](F)([C@@H]1O)[C@H](n1cnc3c(=O)[nH]c(N)nc31)O2. The molecule has 2 aliphatic heterocycles. The first-order valence-corrected chi connectivity index (χ1v) is 8.84. The number of ether oxygens (including phenoxy) is 2. The average Bonchev–Trinajstić information content (AvgIpc) is 3.13. The number of nitrogens with two attached hydrogens (primary N) is 1. The minimum absolute atomic E-state index is 0.0238. The minimum Gasteiger partial charge on any atom is -0.384 e. The van der Waals surface area contributed by atoms with Gasteiger partial charge in [0.25, 0.3) is 11.4 Å². The molecule has 2 aromatic heterocycles. The molecule has 2 fully saturated rings. The van der Waals surface area contributed by atoms with Gasteiger partial charge in [0, 0.05) is 0 Å². The molecule has 2 aromatic rings. The van der Waals surface area contributed by atoms with Gasteiger partial charge in [-0.15, -0.1) is 4.52 Å². The molecule has 134 valence electrons. The molecule has 1 unspecified atom stereocenters. The van der Waals surface area contributed by atoms with Gasteiger partial charge in [-0.05, 0) is 4.57 Å². The Morgan fingerprint density at radius 1 is 1.68 bits per heavy atom. The number of aliphatic hydroxyl groups excluding tert-OH is 1. The van der Waals surface area contributed by atoms with Crippen molar-refractivity contribution in [2.45, 2.75) is 23.8 Å². The van der Waals surface area contributed by atoms with Crippen molar-refractivity contribution in [2.75, 3.05) is 25.6 Å². The number of hydrogen-bond donors (Lipinski definition) is 3. The van der Waals surface area contributed by atoms with E-state index in [1.165, 1.54) is 6.66 Å². The highest BCUT2D eigenvalue weighted by molar-refractivity contribution is 7.38. The van der Waals surface area contributed by atoms with E-state index in [-0.39, 0.29) is 30.3 Å². The van der Waals surface area contributed by atoms with Crippen molar-refractivity contribution < 1.29 is 28.1 Å². The number of aliphatic hydroxyl groups is 1. The molecule has 4 heterocycles. The summed E-state index contributed by atoms with van der Waals surface area (Å²) in [5, 5.41) is 10.4. The highest BCUT2D eigenvalue weighted by Gasteiger charge is 2.73. The molecule has 0 saturated carbocycles. The Morgan fingerprint density at radius 3 is 3.16 bits per heavy atom. The molecule has 2 saturated heterocycles. The van der Waals surface area contributed by atoms with Gasteiger partial charge in [-0.25, -0.2) is 9.37 Å². The zero-order valence-corrected chi connectivity index (χ0v) is 13.8. The van der Waals surface area contributed by atoms with Crippen molar-refractivity contribution in [2.24, 2.45) is 0 Å². The lowest BCUT2D eigenvalue weighted by Gasteiger charge is -2.30. The van der Waals surface area contributed by atoms with E-state index in [2.05, 4.69) is 15.0 Å². The van der Waals surface area contributed by atoms with Gasteiger partial charge in [-0.2, -0.15) is 4.98 Å². The van der Waals surface area contributed by atoms with Gasteiger partial charge < -0.3 is 20.3 Å². The number of halogens is 1. The van der Waals surface area contributed by atoms with E-state index in [0.717, 1.165) is 10.9 Å². The molecule has 2 aliphatic rings. The van der Waals surface area contributed by atoms with E-state index in [9.17, 15) is 14.5 Å². The number of nitrogen functional groups attached to an aromatic ring is 1. The molecule has 13 heteroatoms. The second-order valence-electron chi connectivity index (χ2n) is 5.91. The molecule has 5 atom stereocenters. The number of nitrogens with one attached hydrogen (secondary N) is 1. The molecular weight excluding hydrogens is 360 g/mol. The summed E-state index contributed by atoms with van der Waals surface area (Å²) in [5.41, 5.74) is 3.29. The number of alkyl halides is 1. The fraction of sp³-hybridized carbons (Fsp3) is 0.583. The van der Waals surface area contributed by atoms with Crippen LogP contribution >= 0.6 is 8.03 Å². The first-order valence-electron chi connectivity index (χ1n) is 7.22. The quantitative estimate of drug-likeness (QED) is 0.596. The zero-order valence-electron chi connectivity index (χ0n) is 12.9. The van der Waals surface area contributed by atoms with Crippen LogP contribution in [0.25, 0.3) is 11.2 Å². The molecule has 0 aromatic carbocycles. The summed E-state index contributed by atoms with van der Waals surface area (Å²) in [6.07, 6.45) is -2.03. The maximum atomic E-state index is 15.3. The predicted molar refractivity (Wildman–Crippen MR) is 80.7 cm³/mol. The highest BCUT2D eigenvalue weighted by Crippen LogP contribution is 2.54. The number of H-pyrrole nitrogens is 1. The van der Waals surface area contributed by atoms with Gasteiger partial charge in [-0.1, -0.05) is 0 Å². The molecule has 4 rings (SSSR count).